The second-order valence-corrected chi connectivity index (χ2v) is 6.34. The molecule has 1 aliphatic rings. The van der Waals surface area contributed by atoms with Crippen LogP contribution < -0.4 is 5.32 Å². The monoisotopic (exact) mass is 354 g/mol. The first-order valence-corrected chi connectivity index (χ1v) is 8.69. The van der Waals surface area contributed by atoms with Crippen LogP contribution in [0.1, 0.15) is 29.0 Å². The van der Waals surface area contributed by atoms with Gasteiger partial charge in [-0.05, 0) is 43.0 Å². The number of carbonyl (C=O) groups excluding carboxylic acids is 2. The smallest absolute Gasteiger partial charge is 0.270 e. The molecule has 0 spiro atoms. The van der Waals surface area contributed by atoms with Crippen LogP contribution in [0.2, 0.25) is 0 Å². The highest BCUT2D eigenvalue weighted by atomic mass is 16.3. The van der Waals surface area contributed by atoms with Crippen LogP contribution in [-0.4, -0.2) is 41.5 Å². The van der Waals surface area contributed by atoms with E-state index in [9.17, 15) is 14.7 Å². The number of nitrogens with one attached hydrogen (secondary N) is 1. The lowest BCUT2D eigenvalue weighted by Gasteiger charge is -2.32. The van der Waals surface area contributed by atoms with Crippen LogP contribution in [-0.2, 0) is 4.79 Å². The first kappa shape index (κ1) is 17.9. The summed E-state index contributed by atoms with van der Waals surface area (Å²) in [6, 6.07) is 12.2. The molecule has 6 nitrogen and oxygen atoms in total. The molecule has 0 radical (unpaired) electrons. The molecule has 0 saturated carbocycles. The molecule has 3 rings (SSSR count). The topological polar surface area (TPSA) is 82.8 Å². The summed E-state index contributed by atoms with van der Waals surface area (Å²) in [5, 5.41) is 12.1. The van der Waals surface area contributed by atoms with Gasteiger partial charge in [0, 0.05) is 31.3 Å². The Kier molecular flexibility index (Phi) is 5.86. The summed E-state index contributed by atoms with van der Waals surface area (Å²) in [5.74, 6) is -0.0730. The zero-order valence-corrected chi connectivity index (χ0v) is 14.4. The van der Waals surface area contributed by atoms with Crippen LogP contribution in [0.25, 0.3) is 6.08 Å². The standard InChI is InChI=1S/C20H22N2O4/c23-14-15-6-4-10-22(13-15)20(25)18(12-17-9-5-11-26-17)21-19(24)16-7-2-1-3-8-16/h1-3,5,7-9,11-12,15,23H,4,6,10,13-14H2,(H,21,24)/b18-12+/t15-/m0/s1. The van der Waals surface area contributed by atoms with Crippen molar-refractivity contribution >= 4 is 17.9 Å². The maximum absolute atomic E-state index is 13.0. The number of likely N-dealkylation sites (tertiary alicyclic amines) is 1. The largest absolute Gasteiger partial charge is 0.465 e. The summed E-state index contributed by atoms with van der Waals surface area (Å²) >= 11 is 0. The third kappa shape index (κ3) is 4.40. The van der Waals surface area contributed by atoms with Crippen LogP contribution in [0.15, 0.2) is 58.8 Å². The molecule has 2 aromatic rings. The molecule has 6 heteroatoms. The Hall–Kier alpha value is -2.86. The molecule has 2 N–H and O–H groups in total. The lowest BCUT2D eigenvalue weighted by atomic mass is 9.99. The Morgan fingerprint density at radius 2 is 2.04 bits per heavy atom. The summed E-state index contributed by atoms with van der Waals surface area (Å²) in [7, 11) is 0. The van der Waals surface area contributed by atoms with Crippen molar-refractivity contribution in [1.82, 2.24) is 10.2 Å². The zero-order valence-electron chi connectivity index (χ0n) is 14.4. The van der Waals surface area contributed by atoms with Crippen LogP contribution >= 0.6 is 0 Å². The number of hydrogen-bond donors (Lipinski definition) is 2. The predicted octanol–water partition coefficient (Wildman–Crippen LogP) is 2.28. The van der Waals surface area contributed by atoms with Crippen LogP contribution in [0, 0.1) is 5.92 Å². The SMILES string of the molecule is O=C(N/C(=C/c1ccco1)C(=O)N1CCC[C@H](CO)C1)c1ccccc1. The van der Waals surface area contributed by atoms with Gasteiger partial charge in [-0.3, -0.25) is 9.59 Å². The zero-order chi connectivity index (χ0) is 18.4. The fraction of sp³-hybridized carbons (Fsp3) is 0.300. The molecular formula is C20H22N2O4. The van der Waals surface area contributed by atoms with E-state index < -0.39 is 0 Å². The molecule has 1 atom stereocenters. The van der Waals surface area contributed by atoms with Crippen molar-refractivity contribution in [3.8, 4) is 0 Å². The Morgan fingerprint density at radius 1 is 1.23 bits per heavy atom. The van der Waals surface area contributed by atoms with Crippen molar-refractivity contribution in [3.63, 3.8) is 0 Å². The molecule has 0 bridgehead atoms. The van der Waals surface area contributed by atoms with E-state index in [0.717, 1.165) is 12.8 Å². The second-order valence-electron chi connectivity index (χ2n) is 6.34. The summed E-state index contributed by atoms with van der Waals surface area (Å²) in [4.78, 5) is 27.1. The van der Waals surface area contributed by atoms with Crippen molar-refractivity contribution in [3.05, 3.63) is 65.7 Å². The van der Waals surface area contributed by atoms with E-state index >= 15 is 0 Å². The number of carbonyl (C=O) groups is 2. The number of furan rings is 1. The fourth-order valence-electron chi connectivity index (χ4n) is 3.02. The number of amides is 2. The second kappa shape index (κ2) is 8.49. The molecule has 1 fully saturated rings. The molecule has 1 aromatic heterocycles. The third-order valence-electron chi connectivity index (χ3n) is 4.41. The minimum absolute atomic E-state index is 0.0530. The lowest BCUT2D eigenvalue weighted by Crippen LogP contribution is -2.44. The lowest BCUT2D eigenvalue weighted by molar-refractivity contribution is -0.129. The van der Waals surface area contributed by atoms with Gasteiger partial charge in [0.05, 0.1) is 6.26 Å². The number of aliphatic hydroxyl groups is 1. The van der Waals surface area contributed by atoms with Gasteiger partial charge >= 0.3 is 0 Å². The molecule has 1 aromatic carbocycles. The molecular weight excluding hydrogens is 332 g/mol. The van der Waals surface area contributed by atoms with Gasteiger partial charge < -0.3 is 19.7 Å². The third-order valence-corrected chi connectivity index (χ3v) is 4.41. The number of hydrogen-bond acceptors (Lipinski definition) is 4. The Balaban J connectivity index is 1.81. The van der Waals surface area contributed by atoms with Gasteiger partial charge in [-0.1, -0.05) is 18.2 Å². The normalized spacial score (nSPS) is 17.8. The van der Waals surface area contributed by atoms with Gasteiger partial charge in [-0.25, -0.2) is 0 Å². The summed E-state index contributed by atoms with van der Waals surface area (Å²) in [6.45, 7) is 1.13. The molecule has 0 aliphatic carbocycles. The summed E-state index contributed by atoms with van der Waals surface area (Å²) < 4.78 is 5.29. The average molecular weight is 354 g/mol. The molecule has 1 aliphatic heterocycles. The minimum atomic E-state index is -0.354. The quantitative estimate of drug-likeness (QED) is 0.807. The van der Waals surface area contributed by atoms with Crippen LogP contribution in [0.4, 0.5) is 0 Å². The van der Waals surface area contributed by atoms with Gasteiger partial charge in [-0.2, -0.15) is 0 Å². The van der Waals surface area contributed by atoms with Crippen molar-refractivity contribution < 1.29 is 19.1 Å². The fourth-order valence-corrected chi connectivity index (χ4v) is 3.02. The Morgan fingerprint density at radius 3 is 2.73 bits per heavy atom. The van der Waals surface area contributed by atoms with E-state index in [4.69, 9.17) is 4.42 Å². The Labute approximate surface area is 152 Å². The molecule has 2 amide bonds. The van der Waals surface area contributed by atoms with E-state index in [1.54, 1.807) is 41.3 Å². The maximum Gasteiger partial charge on any atom is 0.270 e. The molecule has 1 saturated heterocycles. The Bertz CT molecular complexity index is 768. The molecule has 136 valence electrons. The van der Waals surface area contributed by atoms with E-state index in [2.05, 4.69) is 5.32 Å². The number of nitrogens with zero attached hydrogens (tertiary/aromatic N) is 1. The highest BCUT2D eigenvalue weighted by Gasteiger charge is 2.26. The molecule has 26 heavy (non-hydrogen) atoms. The van der Waals surface area contributed by atoms with Crippen molar-refractivity contribution in [2.45, 2.75) is 12.8 Å². The van der Waals surface area contributed by atoms with Crippen LogP contribution in [0.5, 0.6) is 0 Å². The number of rotatable bonds is 5. The predicted molar refractivity (Wildman–Crippen MR) is 97.0 cm³/mol. The number of piperidine rings is 1. The van der Waals surface area contributed by atoms with Crippen LogP contribution in [0.3, 0.4) is 0 Å². The summed E-state index contributed by atoms with van der Waals surface area (Å²) in [6.07, 6.45) is 4.77. The highest BCUT2D eigenvalue weighted by molar-refractivity contribution is 6.05. The van der Waals surface area contributed by atoms with E-state index in [1.165, 1.54) is 12.3 Å². The van der Waals surface area contributed by atoms with Gasteiger partial charge in [0.15, 0.2) is 0 Å². The van der Waals surface area contributed by atoms with Crippen molar-refractivity contribution in [2.24, 2.45) is 5.92 Å². The van der Waals surface area contributed by atoms with E-state index in [1.807, 2.05) is 6.07 Å². The molecule has 0 unspecified atom stereocenters. The van der Waals surface area contributed by atoms with Crippen molar-refractivity contribution in [1.29, 1.82) is 0 Å². The number of aliphatic hydroxyl groups excluding tert-OH is 1. The van der Waals surface area contributed by atoms with Gasteiger partial charge in [0.25, 0.3) is 11.8 Å². The van der Waals surface area contributed by atoms with Gasteiger partial charge in [0.2, 0.25) is 0 Å². The van der Waals surface area contributed by atoms with Gasteiger partial charge in [0.1, 0.15) is 11.5 Å². The number of benzene rings is 1. The maximum atomic E-state index is 13.0. The van der Waals surface area contributed by atoms with E-state index in [0.29, 0.717) is 24.4 Å². The van der Waals surface area contributed by atoms with Crippen molar-refractivity contribution in [2.75, 3.05) is 19.7 Å². The van der Waals surface area contributed by atoms with Gasteiger partial charge in [-0.15, -0.1) is 0 Å². The van der Waals surface area contributed by atoms with E-state index in [-0.39, 0.29) is 30.0 Å². The minimum Gasteiger partial charge on any atom is -0.465 e. The average Bonchev–Trinajstić information content (AvgIpc) is 3.20. The molecule has 2 heterocycles. The summed E-state index contributed by atoms with van der Waals surface area (Å²) in [5.41, 5.74) is 0.630. The first-order valence-electron chi connectivity index (χ1n) is 8.69. The highest BCUT2D eigenvalue weighted by Crippen LogP contribution is 2.18. The first-order chi connectivity index (χ1) is 12.7.